The molecule has 3 aromatic rings. The maximum atomic E-state index is 12.9. The molecule has 0 aliphatic rings. The molecule has 0 spiro atoms. The number of hydrogen-bond donors (Lipinski definition) is 2. The van der Waals surface area contributed by atoms with Gasteiger partial charge in [-0.25, -0.2) is 0 Å². The highest BCUT2D eigenvalue weighted by atomic mass is 35.5. The molecule has 0 saturated carbocycles. The second-order valence-corrected chi connectivity index (χ2v) is 6.80. The van der Waals surface area contributed by atoms with Crippen LogP contribution in [0, 0.1) is 0 Å². The summed E-state index contributed by atoms with van der Waals surface area (Å²) in [5.41, 5.74) is 2.46. The third-order valence-corrected chi connectivity index (χ3v) is 4.71. The number of halogens is 1. The Morgan fingerprint density at radius 2 is 1.50 bits per heavy atom. The number of anilines is 2. The zero-order valence-electron chi connectivity index (χ0n) is 15.5. The van der Waals surface area contributed by atoms with Crippen molar-refractivity contribution in [1.82, 2.24) is 0 Å². The van der Waals surface area contributed by atoms with Crippen molar-refractivity contribution < 1.29 is 9.59 Å². The Kier molecular flexibility index (Phi) is 6.45. The summed E-state index contributed by atoms with van der Waals surface area (Å²) < 4.78 is 0. The third kappa shape index (κ3) is 4.78. The molecule has 1 unspecified atom stereocenters. The van der Waals surface area contributed by atoms with Gasteiger partial charge in [-0.05, 0) is 48.4 Å². The van der Waals surface area contributed by atoms with E-state index in [9.17, 15) is 9.59 Å². The second-order valence-electron chi connectivity index (χ2n) is 6.37. The molecule has 142 valence electrons. The van der Waals surface area contributed by atoms with Crippen LogP contribution in [0.1, 0.15) is 35.2 Å². The van der Waals surface area contributed by atoms with Crippen molar-refractivity contribution in [1.29, 1.82) is 0 Å². The van der Waals surface area contributed by atoms with Gasteiger partial charge in [-0.15, -0.1) is 0 Å². The Morgan fingerprint density at radius 3 is 2.18 bits per heavy atom. The highest BCUT2D eigenvalue weighted by Gasteiger charge is 2.20. The van der Waals surface area contributed by atoms with E-state index in [4.69, 9.17) is 11.6 Å². The predicted octanol–water partition coefficient (Wildman–Crippen LogP) is 5.72. The number of para-hydroxylation sites is 1. The minimum absolute atomic E-state index is 0.138. The Bertz CT molecular complexity index is 956. The van der Waals surface area contributed by atoms with E-state index >= 15 is 0 Å². The van der Waals surface area contributed by atoms with Crippen molar-refractivity contribution in [3.05, 3.63) is 95.0 Å². The Hall–Kier alpha value is -3.11. The molecule has 2 amide bonds. The van der Waals surface area contributed by atoms with Gasteiger partial charge in [-0.2, -0.15) is 0 Å². The van der Waals surface area contributed by atoms with Crippen LogP contribution in [0.3, 0.4) is 0 Å². The number of amides is 2. The van der Waals surface area contributed by atoms with E-state index < -0.39 is 0 Å². The van der Waals surface area contributed by atoms with E-state index in [1.54, 1.807) is 48.5 Å². The molecule has 3 rings (SSSR count). The summed E-state index contributed by atoms with van der Waals surface area (Å²) in [5.74, 6) is -0.722. The molecule has 0 aliphatic heterocycles. The van der Waals surface area contributed by atoms with Gasteiger partial charge >= 0.3 is 0 Å². The van der Waals surface area contributed by atoms with Crippen molar-refractivity contribution in [3.63, 3.8) is 0 Å². The normalized spacial score (nSPS) is 11.5. The summed E-state index contributed by atoms with van der Waals surface area (Å²) >= 11 is 5.88. The van der Waals surface area contributed by atoms with Crippen LogP contribution < -0.4 is 10.6 Å². The lowest BCUT2D eigenvalue weighted by Crippen LogP contribution is -2.23. The molecule has 0 fully saturated rings. The zero-order chi connectivity index (χ0) is 19.9. The van der Waals surface area contributed by atoms with Gasteiger partial charge < -0.3 is 10.6 Å². The first-order valence-electron chi connectivity index (χ1n) is 9.10. The SMILES string of the molecule is CCC(C(=O)Nc1ccccc1C(=O)Nc1ccc(Cl)cc1)c1ccccc1. The van der Waals surface area contributed by atoms with Crippen molar-refractivity contribution in [2.45, 2.75) is 19.3 Å². The van der Waals surface area contributed by atoms with Gasteiger partial charge in [0.1, 0.15) is 0 Å². The van der Waals surface area contributed by atoms with Crippen molar-refractivity contribution in [2.75, 3.05) is 10.6 Å². The van der Waals surface area contributed by atoms with E-state index in [1.165, 1.54) is 0 Å². The van der Waals surface area contributed by atoms with E-state index in [2.05, 4.69) is 10.6 Å². The number of nitrogens with one attached hydrogen (secondary N) is 2. The molecule has 2 N–H and O–H groups in total. The first kappa shape index (κ1) is 19.6. The minimum atomic E-state index is -0.300. The molecule has 0 saturated heterocycles. The van der Waals surface area contributed by atoms with Gasteiger partial charge in [0.2, 0.25) is 5.91 Å². The first-order valence-corrected chi connectivity index (χ1v) is 9.48. The van der Waals surface area contributed by atoms with Crippen LogP contribution in [0.25, 0.3) is 0 Å². The highest BCUT2D eigenvalue weighted by Crippen LogP contribution is 2.24. The molecule has 1 atom stereocenters. The lowest BCUT2D eigenvalue weighted by atomic mass is 9.95. The molecule has 0 aromatic heterocycles. The molecule has 0 radical (unpaired) electrons. The topological polar surface area (TPSA) is 58.2 Å². The number of carbonyl (C=O) groups excluding carboxylic acids is 2. The van der Waals surface area contributed by atoms with E-state index in [1.807, 2.05) is 37.3 Å². The van der Waals surface area contributed by atoms with Crippen molar-refractivity contribution in [2.24, 2.45) is 0 Å². The van der Waals surface area contributed by atoms with E-state index in [0.717, 1.165) is 5.56 Å². The number of rotatable bonds is 6. The lowest BCUT2D eigenvalue weighted by molar-refractivity contribution is -0.117. The summed E-state index contributed by atoms with van der Waals surface area (Å²) in [4.78, 5) is 25.6. The fourth-order valence-corrected chi connectivity index (χ4v) is 3.13. The van der Waals surface area contributed by atoms with Crippen LogP contribution in [0.2, 0.25) is 5.02 Å². The molecular formula is C23H21ClN2O2. The molecular weight excluding hydrogens is 372 g/mol. The molecule has 4 nitrogen and oxygen atoms in total. The molecule has 28 heavy (non-hydrogen) atoms. The fraction of sp³-hybridized carbons (Fsp3) is 0.130. The Labute approximate surface area is 169 Å². The largest absolute Gasteiger partial charge is 0.325 e. The van der Waals surface area contributed by atoms with Gasteiger partial charge in [-0.1, -0.05) is 61.0 Å². The summed E-state index contributed by atoms with van der Waals surface area (Å²) in [6.45, 7) is 1.97. The van der Waals surface area contributed by atoms with Crippen LogP contribution in [0.4, 0.5) is 11.4 Å². The standard InChI is InChI=1S/C23H21ClN2O2/c1-2-19(16-8-4-3-5-9-16)22(27)26-21-11-7-6-10-20(21)23(28)25-18-14-12-17(24)13-15-18/h3-15,19H,2H2,1H3,(H,25,28)(H,26,27). The summed E-state index contributed by atoms with van der Waals surface area (Å²) in [5, 5.41) is 6.33. The van der Waals surface area contributed by atoms with Crippen LogP contribution in [0.15, 0.2) is 78.9 Å². The van der Waals surface area contributed by atoms with Gasteiger partial charge in [-0.3, -0.25) is 9.59 Å². The van der Waals surface area contributed by atoms with Crippen LogP contribution >= 0.6 is 11.6 Å². The summed E-state index contributed by atoms with van der Waals surface area (Å²) in [6, 6.07) is 23.5. The van der Waals surface area contributed by atoms with Gasteiger partial charge in [0.25, 0.3) is 5.91 Å². The summed E-state index contributed by atoms with van der Waals surface area (Å²) in [7, 11) is 0. The number of hydrogen-bond acceptors (Lipinski definition) is 2. The van der Waals surface area contributed by atoms with Crippen molar-refractivity contribution in [3.8, 4) is 0 Å². The predicted molar refractivity (Wildman–Crippen MR) is 114 cm³/mol. The molecule has 3 aromatic carbocycles. The molecule has 0 bridgehead atoms. The molecule has 5 heteroatoms. The highest BCUT2D eigenvalue weighted by molar-refractivity contribution is 6.30. The van der Waals surface area contributed by atoms with Gasteiger partial charge in [0.15, 0.2) is 0 Å². The summed E-state index contributed by atoms with van der Waals surface area (Å²) in [6.07, 6.45) is 0.662. The van der Waals surface area contributed by atoms with E-state index in [-0.39, 0.29) is 17.7 Å². The van der Waals surface area contributed by atoms with Crippen LogP contribution in [-0.2, 0) is 4.79 Å². The minimum Gasteiger partial charge on any atom is -0.325 e. The average Bonchev–Trinajstić information content (AvgIpc) is 2.71. The second kappa shape index (κ2) is 9.20. The quantitative estimate of drug-likeness (QED) is 0.563. The molecule has 0 aliphatic carbocycles. The van der Waals surface area contributed by atoms with Gasteiger partial charge in [0, 0.05) is 10.7 Å². The fourth-order valence-electron chi connectivity index (χ4n) is 3.00. The molecule has 0 heterocycles. The third-order valence-electron chi connectivity index (χ3n) is 4.46. The maximum absolute atomic E-state index is 12.9. The van der Waals surface area contributed by atoms with Gasteiger partial charge in [0.05, 0.1) is 17.2 Å². The Morgan fingerprint density at radius 1 is 0.857 bits per heavy atom. The first-order chi connectivity index (χ1) is 13.6. The number of benzene rings is 3. The zero-order valence-corrected chi connectivity index (χ0v) is 16.2. The van der Waals surface area contributed by atoms with Crippen LogP contribution in [-0.4, -0.2) is 11.8 Å². The van der Waals surface area contributed by atoms with Crippen LogP contribution in [0.5, 0.6) is 0 Å². The average molecular weight is 393 g/mol. The Balaban J connectivity index is 1.78. The monoisotopic (exact) mass is 392 g/mol. The lowest BCUT2D eigenvalue weighted by Gasteiger charge is -2.17. The maximum Gasteiger partial charge on any atom is 0.257 e. The van der Waals surface area contributed by atoms with E-state index in [0.29, 0.717) is 28.4 Å². The smallest absolute Gasteiger partial charge is 0.257 e. The number of carbonyl (C=O) groups is 2. The van der Waals surface area contributed by atoms with Crippen molar-refractivity contribution >= 4 is 34.8 Å².